The van der Waals surface area contributed by atoms with Gasteiger partial charge in [0, 0.05) is 32.8 Å². The third kappa shape index (κ3) is 5.74. The van der Waals surface area contributed by atoms with Crippen molar-refractivity contribution in [1.29, 1.82) is 0 Å². The lowest BCUT2D eigenvalue weighted by Crippen LogP contribution is -2.46. The first kappa shape index (κ1) is 16.8. The van der Waals surface area contributed by atoms with Crippen LogP contribution in [0.2, 0.25) is 0 Å². The molecule has 1 rings (SSSR count). The summed E-state index contributed by atoms with van der Waals surface area (Å²) in [6.45, 7) is 4.74. The van der Waals surface area contributed by atoms with Crippen LogP contribution in [0.25, 0.3) is 0 Å². The van der Waals surface area contributed by atoms with Gasteiger partial charge in [0.2, 0.25) is 0 Å². The molecule has 0 saturated carbocycles. The molecule has 1 saturated heterocycles. The van der Waals surface area contributed by atoms with Crippen molar-refractivity contribution in [3.05, 3.63) is 0 Å². The Morgan fingerprint density at radius 2 is 2.00 bits per heavy atom. The largest absolute Gasteiger partial charge is 0.381 e. The minimum Gasteiger partial charge on any atom is -0.381 e. The molecule has 6 nitrogen and oxygen atoms in total. The summed E-state index contributed by atoms with van der Waals surface area (Å²) in [4.78, 5) is 0. The number of hydrogen-bond donors (Lipinski definition) is 2. The molecule has 114 valence electrons. The zero-order valence-corrected chi connectivity index (χ0v) is 13.0. The zero-order valence-electron chi connectivity index (χ0n) is 12.2. The van der Waals surface area contributed by atoms with Gasteiger partial charge in [0.25, 0.3) is 10.2 Å². The van der Waals surface area contributed by atoms with Crippen LogP contribution in [0.4, 0.5) is 0 Å². The van der Waals surface area contributed by atoms with Crippen LogP contribution in [-0.4, -0.2) is 59.2 Å². The average Bonchev–Trinajstić information content (AvgIpc) is 2.39. The van der Waals surface area contributed by atoms with Crippen molar-refractivity contribution in [1.82, 2.24) is 14.3 Å². The van der Waals surface area contributed by atoms with Crippen LogP contribution in [0.15, 0.2) is 0 Å². The first-order valence-electron chi connectivity index (χ1n) is 6.93. The Bertz CT molecular complexity index is 342. The van der Waals surface area contributed by atoms with Crippen LogP contribution in [0.5, 0.6) is 0 Å². The lowest BCUT2D eigenvalue weighted by molar-refractivity contribution is 0.0584. The second-order valence-electron chi connectivity index (χ2n) is 5.14. The highest BCUT2D eigenvalue weighted by Crippen LogP contribution is 2.19. The summed E-state index contributed by atoms with van der Waals surface area (Å²) in [5, 5.41) is 3.01. The van der Waals surface area contributed by atoms with Gasteiger partial charge in [-0.25, -0.2) is 0 Å². The summed E-state index contributed by atoms with van der Waals surface area (Å²) in [5.41, 5.74) is 0. The van der Waals surface area contributed by atoms with Crippen LogP contribution in [-0.2, 0) is 14.9 Å². The summed E-state index contributed by atoms with van der Waals surface area (Å²) < 4.78 is 33.7. The van der Waals surface area contributed by atoms with Gasteiger partial charge in [-0.05, 0) is 45.7 Å². The molecule has 0 amide bonds. The third-order valence-electron chi connectivity index (χ3n) is 3.62. The molecule has 1 atom stereocenters. The predicted octanol–water partition coefficient (Wildman–Crippen LogP) is 0.177. The van der Waals surface area contributed by atoms with Gasteiger partial charge in [0.15, 0.2) is 0 Å². The normalized spacial score (nSPS) is 19.8. The molecule has 1 unspecified atom stereocenters. The monoisotopic (exact) mass is 293 g/mol. The lowest BCUT2D eigenvalue weighted by atomic mass is 9.94. The van der Waals surface area contributed by atoms with Crippen molar-refractivity contribution in [2.75, 3.05) is 40.4 Å². The SMILES string of the molecule is CNCCCN(C)S(=O)(=O)NC(C)C1CCOCC1. The van der Waals surface area contributed by atoms with Gasteiger partial charge < -0.3 is 10.1 Å². The van der Waals surface area contributed by atoms with E-state index < -0.39 is 10.2 Å². The number of nitrogens with zero attached hydrogens (tertiary/aromatic N) is 1. The van der Waals surface area contributed by atoms with E-state index in [0.717, 1.165) is 39.0 Å². The molecule has 1 aliphatic rings. The Hall–Kier alpha value is -0.210. The van der Waals surface area contributed by atoms with Crippen LogP contribution in [0, 0.1) is 5.92 Å². The van der Waals surface area contributed by atoms with Crippen LogP contribution < -0.4 is 10.0 Å². The van der Waals surface area contributed by atoms with E-state index in [1.807, 2.05) is 14.0 Å². The summed E-state index contributed by atoms with van der Waals surface area (Å²) in [7, 11) is 0.106. The van der Waals surface area contributed by atoms with Gasteiger partial charge in [0.1, 0.15) is 0 Å². The molecule has 0 spiro atoms. The Morgan fingerprint density at radius 3 is 2.58 bits per heavy atom. The van der Waals surface area contributed by atoms with E-state index in [-0.39, 0.29) is 6.04 Å². The minimum atomic E-state index is -3.37. The molecule has 19 heavy (non-hydrogen) atoms. The molecule has 0 aromatic heterocycles. The molecular formula is C12H27N3O3S. The lowest BCUT2D eigenvalue weighted by Gasteiger charge is -2.29. The fourth-order valence-corrected chi connectivity index (χ4v) is 3.45. The molecule has 0 aromatic rings. The maximum atomic E-state index is 12.1. The van der Waals surface area contributed by atoms with Gasteiger partial charge in [-0.3, -0.25) is 0 Å². The average molecular weight is 293 g/mol. The van der Waals surface area contributed by atoms with Crippen molar-refractivity contribution in [2.45, 2.75) is 32.2 Å². The van der Waals surface area contributed by atoms with Gasteiger partial charge >= 0.3 is 0 Å². The van der Waals surface area contributed by atoms with Crippen LogP contribution in [0.3, 0.4) is 0 Å². The molecule has 1 heterocycles. The van der Waals surface area contributed by atoms with Gasteiger partial charge in [-0.1, -0.05) is 0 Å². The van der Waals surface area contributed by atoms with Crippen molar-refractivity contribution in [3.63, 3.8) is 0 Å². The highest BCUT2D eigenvalue weighted by atomic mass is 32.2. The van der Waals surface area contributed by atoms with Crippen molar-refractivity contribution in [2.24, 2.45) is 5.92 Å². The van der Waals surface area contributed by atoms with Gasteiger partial charge in [0.05, 0.1) is 0 Å². The molecule has 2 N–H and O–H groups in total. The van der Waals surface area contributed by atoms with Crippen LogP contribution >= 0.6 is 0 Å². The maximum absolute atomic E-state index is 12.1. The smallest absolute Gasteiger partial charge is 0.279 e. The molecule has 0 bridgehead atoms. The fourth-order valence-electron chi connectivity index (χ4n) is 2.24. The molecule has 0 aromatic carbocycles. The maximum Gasteiger partial charge on any atom is 0.279 e. The Balaban J connectivity index is 2.43. The molecule has 0 aliphatic carbocycles. The fraction of sp³-hybridized carbons (Fsp3) is 1.00. The van der Waals surface area contributed by atoms with Crippen molar-refractivity contribution < 1.29 is 13.2 Å². The van der Waals surface area contributed by atoms with Crippen molar-refractivity contribution in [3.8, 4) is 0 Å². The Kier molecular flexibility index (Phi) is 7.23. The van der Waals surface area contributed by atoms with Gasteiger partial charge in [-0.2, -0.15) is 17.4 Å². The van der Waals surface area contributed by atoms with Crippen molar-refractivity contribution >= 4 is 10.2 Å². The quantitative estimate of drug-likeness (QED) is 0.626. The number of rotatable bonds is 8. The molecule has 7 heteroatoms. The van der Waals surface area contributed by atoms with E-state index in [4.69, 9.17) is 4.74 Å². The number of ether oxygens (including phenoxy) is 1. The van der Waals surface area contributed by atoms with E-state index in [0.29, 0.717) is 12.5 Å². The van der Waals surface area contributed by atoms with E-state index in [2.05, 4.69) is 10.0 Å². The minimum absolute atomic E-state index is 0.0411. The summed E-state index contributed by atoms with van der Waals surface area (Å²) in [6.07, 6.45) is 2.65. The molecular weight excluding hydrogens is 266 g/mol. The second-order valence-corrected chi connectivity index (χ2v) is 6.95. The molecule has 1 aliphatic heterocycles. The number of hydrogen-bond acceptors (Lipinski definition) is 4. The summed E-state index contributed by atoms with van der Waals surface area (Å²) in [6, 6.07) is -0.0411. The first-order chi connectivity index (χ1) is 8.97. The van der Waals surface area contributed by atoms with Gasteiger partial charge in [-0.15, -0.1) is 0 Å². The predicted molar refractivity (Wildman–Crippen MR) is 76.2 cm³/mol. The van der Waals surface area contributed by atoms with E-state index >= 15 is 0 Å². The zero-order chi connectivity index (χ0) is 14.3. The standard InChI is InChI=1S/C12H27N3O3S/c1-11(12-5-9-18-10-6-12)14-19(16,17)15(3)8-4-7-13-2/h11-14H,4-10H2,1-3H3. The Morgan fingerprint density at radius 1 is 1.37 bits per heavy atom. The summed E-state index contributed by atoms with van der Waals surface area (Å²) >= 11 is 0. The second kappa shape index (κ2) is 8.16. The Labute approximate surface area is 117 Å². The molecule has 1 fully saturated rings. The van der Waals surface area contributed by atoms with E-state index in [1.165, 1.54) is 4.31 Å². The van der Waals surface area contributed by atoms with E-state index in [9.17, 15) is 8.42 Å². The first-order valence-corrected chi connectivity index (χ1v) is 8.37. The summed E-state index contributed by atoms with van der Waals surface area (Å²) in [5.74, 6) is 0.370. The highest BCUT2D eigenvalue weighted by molar-refractivity contribution is 7.87. The van der Waals surface area contributed by atoms with Crippen LogP contribution in [0.1, 0.15) is 26.2 Å². The highest BCUT2D eigenvalue weighted by Gasteiger charge is 2.26. The third-order valence-corrected chi connectivity index (χ3v) is 5.29. The van der Waals surface area contributed by atoms with E-state index in [1.54, 1.807) is 7.05 Å². The topological polar surface area (TPSA) is 70.7 Å². The molecule has 0 radical (unpaired) electrons. The number of nitrogens with one attached hydrogen (secondary N) is 2.